The van der Waals surface area contributed by atoms with Gasteiger partial charge in [0.25, 0.3) is 0 Å². The van der Waals surface area contributed by atoms with Crippen molar-refractivity contribution in [2.45, 2.75) is 31.8 Å². The van der Waals surface area contributed by atoms with E-state index in [1.165, 1.54) is 24.1 Å². The number of amides is 1. The van der Waals surface area contributed by atoms with E-state index in [4.69, 9.17) is 5.73 Å². The molecule has 5 heteroatoms. The van der Waals surface area contributed by atoms with Crippen molar-refractivity contribution in [2.75, 3.05) is 27.2 Å². The summed E-state index contributed by atoms with van der Waals surface area (Å²) in [6.07, 6.45) is 3.60. The molecule has 0 saturated heterocycles. The molecule has 2 unspecified atom stereocenters. The summed E-state index contributed by atoms with van der Waals surface area (Å²) in [6, 6.07) is 4.56. The lowest BCUT2D eigenvalue weighted by atomic mass is 10.0. The normalized spacial score (nSPS) is 22.4. The van der Waals surface area contributed by atoms with Crippen molar-refractivity contribution in [3.8, 4) is 0 Å². The molecule has 1 aromatic rings. The Bertz CT molecular complexity index is 421. The summed E-state index contributed by atoms with van der Waals surface area (Å²) in [5.74, 6) is 0.735. The third-order valence-electron chi connectivity index (χ3n) is 4.27. The highest BCUT2D eigenvalue weighted by Gasteiger charge is 2.30. The molecule has 0 bridgehead atoms. The highest BCUT2D eigenvalue weighted by Crippen LogP contribution is 2.28. The van der Waals surface area contributed by atoms with Crippen LogP contribution in [0.25, 0.3) is 0 Å². The molecule has 1 aliphatic carbocycles. The van der Waals surface area contributed by atoms with Gasteiger partial charge in [-0.15, -0.1) is 11.3 Å². The first-order valence-corrected chi connectivity index (χ1v) is 8.16. The zero-order valence-corrected chi connectivity index (χ0v) is 13.2. The highest BCUT2D eigenvalue weighted by molar-refractivity contribution is 7.09. The van der Waals surface area contributed by atoms with Crippen molar-refractivity contribution in [1.29, 1.82) is 0 Å². The van der Waals surface area contributed by atoms with Crippen LogP contribution in [0.15, 0.2) is 17.5 Å². The third kappa shape index (κ3) is 3.81. The molecule has 2 N–H and O–H groups in total. The minimum absolute atomic E-state index is 0.184. The van der Waals surface area contributed by atoms with Gasteiger partial charge in [0.05, 0.1) is 13.1 Å². The van der Waals surface area contributed by atoms with Gasteiger partial charge in [0.15, 0.2) is 0 Å². The second kappa shape index (κ2) is 7.20. The van der Waals surface area contributed by atoms with Crippen LogP contribution in [0.5, 0.6) is 0 Å². The second-order valence-electron chi connectivity index (χ2n) is 5.74. The molecule has 112 valence electrons. The predicted octanol–water partition coefficient (Wildman–Crippen LogP) is 1.77. The number of carbonyl (C=O) groups excluding carboxylic acids is 1. The van der Waals surface area contributed by atoms with Gasteiger partial charge in [-0.3, -0.25) is 9.69 Å². The predicted molar refractivity (Wildman–Crippen MR) is 83.6 cm³/mol. The van der Waals surface area contributed by atoms with E-state index in [9.17, 15) is 4.79 Å². The second-order valence-corrected chi connectivity index (χ2v) is 6.77. The summed E-state index contributed by atoms with van der Waals surface area (Å²) in [6.45, 7) is 1.92. The van der Waals surface area contributed by atoms with Crippen LogP contribution >= 0.6 is 11.3 Å². The first-order valence-electron chi connectivity index (χ1n) is 7.28. The van der Waals surface area contributed by atoms with Crippen molar-refractivity contribution in [2.24, 2.45) is 11.7 Å². The average molecular weight is 295 g/mol. The van der Waals surface area contributed by atoms with Crippen molar-refractivity contribution < 1.29 is 4.79 Å². The van der Waals surface area contributed by atoms with Gasteiger partial charge in [0.1, 0.15) is 0 Å². The number of hydrogen-bond acceptors (Lipinski definition) is 4. The number of likely N-dealkylation sites (N-methyl/N-ethyl adjacent to an activating group) is 2. The molecule has 2 atom stereocenters. The molecule has 0 radical (unpaired) electrons. The van der Waals surface area contributed by atoms with Crippen LogP contribution in [0.3, 0.4) is 0 Å². The van der Waals surface area contributed by atoms with Gasteiger partial charge in [-0.05, 0) is 43.8 Å². The summed E-state index contributed by atoms with van der Waals surface area (Å²) in [7, 11) is 3.93. The van der Waals surface area contributed by atoms with E-state index in [1.54, 1.807) is 11.3 Å². The molecule has 20 heavy (non-hydrogen) atoms. The third-order valence-corrected chi connectivity index (χ3v) is 5.13. The summed E-state index contributed by atoms with van der Waals surface area (Å²) < 4.78 is 0. The summed E-state index contributed by atoms with van der Waals surface area (Å²) in [4.78, 5) is 17.5. The van der Waals surface area contributed by atoms with Gasteiger partial charge in [0, 0.05) is 18.0 Å². The van der Waals surface area contributed by atoms with Crippen LogP contribution in [-0.4, -0.2) is 48.9 Å². The Morgan fingerprint density at radius 2 is 2.25 bits per heavy atom. The Kier molecular flexibility index (Phi) is 5.57. The van der Waals surface area contributed by atoms with Gasteiger partial charge in [-0.2, -0.15) is 0 Å². The van der Waals surface area contributed by atoms with E-state index in [2.05, 4.69) is 18.0 Å². The molecule has 1 aliphatic rings. The zero-order valence-electron chi connectivity index (χ0n) is 12.4. The summed E-state index contributed by atoms with van der Waals surface area (Å²) in [5.41, 5.74) is 5.82. The van der Waals surface area contributed by atoms with Gasteiger partial charge in [-0.1, -0.05) is 12.5 Å². The number of carbonyl (C=O) groups is 1. The maximum absolute atomic E-state index is 12.3. The lowest BCUT2D eigenvalue weighted by molar-refractivity contribution is -0.132. The number of rotatable bonds is 6. The molecule has 1 amide bonds. The SMILES string of the molecule is CN(Cc1cccs1)C(=O)CN(C)C1CCCC1CN. The molecule has 0 spiro atoms. The minimum Gasteiger partial charge on any atom is -0.340 e. The Morgan fingerprint density at radius 1 is 1.45 bits per heavy atom. The molecule has 0 aromatic carbocycles. The van der Waals surface area contributed by atoms with Crippen LogP contribution in [-0.2, 0) is 11.3 Å². The van der Waals surface area contributed by atoms with Crippen LogP contribution < -0.4 is 5.73 Å². The lowest BCUT2D eigenvalue weighted by Gasteiger charge is -2.30. The average Bonchev–Trinajstić information content (AvgIpc) is 3.08. The molecule has 1 fully saturated rings. The largest absolute Gasteiger partial charge is 0.340 e. The van der Waals surface area contributed by atoms with Gasteiger partial charge in [0.2, 0.25) is 5.91 Å². The molecule has 4 nitrogen and oxygen atoms in total. The Balaban J connectivity index is 1.83. The molecule has 1 heterocycles. The Hall–Kier alpha value is -0.910. The van der Waals surface area contributed by atoms with E-state index in [1.807, 2.05) is 23.4 Å². The summed E-state index contributed by atoms with van der Waals surface area (Å²) in [5, 5.41) is 2.05. The van der Waals surface area contributed by atoms with E-state index in [0.29, 0.717) is 25.0 Å². The van der Waals surface area contributed by atoms with Crippen molar-refractivity contribution in [3.05, 3.63) is 22.4 Å². The molecule has 1 saturated carbocycles. The van der Waals surface area contributed by atoms with Crippen molar-refractivity contribution in [1.82, 2.24) is 9.80 Å². The monoisotopic (exact) mass is 295 g/mol. The molecular weight excluding hydrogens is 270 g/mol. The Morgan fingerprint density at radius 3 is 2.90 bits per heavy atom. The topological polar surface area (TPSA) is 49.6 Å². The van der Waals surface area contributed by atoms with Gasteiger partial charge >= 0.3 is 0 Å². The van der Waals surface area contributed by atoms with Crippen molar-refractivity contribution >= 4 is 17.2 Å². The fourth-order valence-corrected chi connectivity index (χ4v) is 3.81. The number of nitrogens with two attached hydrogens (primary N) is 1. The zero-order chi connectivity index (χ0) is 14.5. The van der Waals surface area contributed by atoms with E-state index < -0.39 is 0 Å². The highest BCUT2D eigenvalue weighted by atomic mass is 32.1. The smallest absolute Gasteiger partial charge is 0.236 e. The number of thiophene rings is 1. The van der Waals surface area contributed by atoms with Crippen LogP contribution in [0, 0.1) is 5.92 Å². The standard InChI is InChI=1S/C15H25N3OS/c1-17(14-7-3-5-12(14)9-16)11-15(19)18(2)10-13-6-4-8-20-13/h4,6,8,12,14H,3,5,7,9-11,16H2,1-2H3. The molecule has 1 aromatic heterocycles. The first kappa shape index (κ1) is 15.5. The minimum atomic E-state index is 0.184. The fourth-order valence-electron chi connectivity index (χ4n) is 3.05. The quantitative estimate of drug-likeness (QED) is 0.870. The van der Waals surface area contributed by atoms with Gasteiger partial charge < -0.3 is 10.6 Å². The van der Waals surface area contributed by atoms with E-state index >= 15 is 0 Å². The molecular formula is C15H25N3OS. The maximum Gasteiger partial charge on any atom is 0.236 e. The lowest BCUT2D eigenvalue weighted by Crippen LogP contribution is -2.43. The molecule has 2 rings (SSSR count). The maximum atomic E-state index is 12.3. The van der Waals surface area contributed by atoms with Crippen molar-refractivity contribution in [3.63, 3.8) is 0 Å². The Labute approximate surface area is 125 Å². The fraction of sp³-hybridized carbons (Fsp3) is 0.667. The first-order chi connectivity index (χ1) is 9.61. The molecule has 0 aliphatic heterocycles. The van der Waals surface area contributed by atoms with Crippen LogP contribution in [0.4, 0.5) is 0 Å². The van der Waals surface area contributed by atoms with Crippen LogP contribution in [0.2, 0.25) is 0 Å². The number of nitrogens with zero attached hydrogens (tertiary/aromatic N) is 2. The summed E-state index contributed by atoms with van der Waals surface area (Å²) >= 11 is 1.69. The van der Waals surface area contributed by atoms with E-state index in [-0.39, 0.29) is 5.91 Å². The van der Waals surface area contributed by atoms with Gasteiger partial charge in [-0.25, -0.2) is 0 Å². The van der Waals surface area contributed by atoms with E-state index in [0.717, 1.165) is 6.54 Å². The van der Waals surface area contributed by atoms with Crippen LogP contribution in [0.1, 0.15) is 24.1 Å². The number of hydrogen-bond donors (Lipinski definition) is 1.